The van der Waals surface area contributed by atoms with Crippen LogP contribution < -0.4 is 15.8 Å². The molecule has 40 heavy (non-hydrogen) atoms. The van der Waals surface area contributed by atoms with Crippen LogP contribution in [0.15, 0.2) is 18.2 Å². The van der Waals surface area contributed by atoms with Gasteiger partial charge in [0.25, 0.3) is 5.91 Å². The molecule has 0 aliphatic carbocycles. The number of rotatable bonds is 12. The van der Waals surface area contributed by atoms with E-state index in [1.54, 1.807) is 34.8 Å². The summed E-state index contributed by atoms with van der Waals surface area (Å²) in [5.41, 5.74) is 8.11. The lowest BCUT2D eigenvalue weighted by Gasteiger charge is -2.28. The maximum atomic E-state index is 13.1. The Bertz CT molecular complexity index is 1370. The third-order valence-electron chi connectivity index (χ3n) is 6.85. The number of aryl methyl sites for hydroxylation is 3. The molecule has 13 nitrogen and oxygen atoms in total. The van der Waals surface area contributed by atoms with Crippen LogP contribution in [0.4, 0.5) is 5.95 Å². The van der Waals surface area contributed by atoms with Crippen molar-refractivity contribution in [1.29, 1.82) is 0 Å². The van der Waals surface area contributed by atoms with Crippen molar-refractivity contribution < 1.29 is 23.9 Å². The summed E-state index contributed by atoms with van der Waals surface area (Å²) in [5.74, 6) is -0.153. The second kappa shape index (κ2) is 12.9. The molecule has 2 aromatic heterocycles. The maximum Gasteiger partial charge on any atom is 0.276 e. The van der Waals surface area contributed by atoms with Crippen molar-refractivity contribution in [1.82, 2.24) is 29.1 Å². The van der Waals surface area contributed by atoms with E-state index in [1.807, 2.05) is 25.3 Å². The number of imidazole rings is 1. The molecule has 0 unspecified atom stereocenters. The number of nitrogens with zero attached hydrogens (tertiary/aromatic N) is 6. The fraction of sp³-hybridized carbons (Fsp3) is 0.519. The summed E-state index contributed by atoms with van der Waals surface area (Å²) in [6, 6.07) is 4.90. The molecule has 0 bridgehead atoms. The summed E-state index contributed by atoms with van der Waals surface area (Å²) >= 11 is 0. The molecule has 3 heterocycles. The van der Waals surface area contributed by atoms with Gasteiger partial charge in [-0.3, -0.25) is 29.3 Å². The van der Waals surface area contributed by atoms with E-state index in [1.165, 1.54) is 0 Å². The molecule has 0 radical (unpaired) electrons. The van der Waals surface area contributed by atoms with E-state index in [0.717, 1.165) is 18.8 Å². The molecule has 4 rings (SSSR count). The van der Waals surface area contributed by atoms with Crippen molar-refractivity contribution in [3.8, 4) is 5.75 Å². The van der Waals surface area contributed by atoms with Gasteiger partial charge < -0.3 is 24.7 Å². The van der Waals surface area contributed by atoms with E-state index >= 15 is 0 Å². The monoisotopic (exact) mass is 554 g/mol. The number of carbonyl (C=O) groups excluding carboxylic acids is 3. The lowest BCUT2D eigenvalue weighted by Crippen LogP contribution is -2.44. The largest absolute Gasteiger partial charge is 0.491 e. The SMILES string of the molecule is CCn1nc(C)cc1C(=O)Nc1nc2cc(C(N)=O)cc(OCCCN(C)C(=O)CN3CCOCC3)c2n1CC. The van der Waals surface area contributed by atoms with Crippen LogP contribution >= 0.6 is 0 Å². The van der Waals surface area contributed by atoms with E-state index in [0.29, 0.717) is 80.8 Å². The topological polar surface area (TPSA) is 150 Å². The van der Waals surface area contributed by atoms with Crippen molar-refractivity contribution in [2.75, 3.05) is 58.4 Å². The molecule has 3 aromatic rings. The zero-order chi connectivity index (χ0) is 28.8. The number of morpholine rings is 1. The van der Waals surface area contributed by atoms with Crippen LogP contribution in [-0.2, 0) is 22.6 Å². The van der Waals surface area contributed by atoms with Gasteiger partial charge in [0.15, 0.2) is 0 Å². The summed E-state index contributed by atoms with van der Waals surface area (Å²) in [6.45, 7) is 10.7. The number of carbonyl (C=O) groups is 3. The highest BCUT2D eigenvalue weighted by Gasteiger charge is 2.22. The zero-order valence-corrected chi connectivity index (χ0v) is 23.6. The maximum absolute atomic E-state index is 13.1. The van der Waals surface area contributed by atoms with E-state index in [2.05, 4.69) is 20.3 Å². The van der Waals surface area contributed by atoms with Crippen LogP contribution in [0, 0.1) is 6.92 Å². The van der Waals surface area contributed by atoms with Crippen molar-refractivity contribution >= 4 is 34.7 Å². The third kappa shape index (κ3) is 6.59. The lowest BCUT2D eigenvalue weighted by atomic mass is 10.1. The normalized spacial score (nSPS) is 13.9. The number of ether oxygens (including phenoxy) is 2. The standard InChI is InChI=1S/C27H38N8O5/c1-5-34-24-20(29-27(34)30-26(38)21-14-18(3)31-35(21)6-2)15-19(25(28)37)16-22(24)40-11-7-8-32(4)23(36)17-33-9-12-39-13-10-33/h14-16H,5-13,17H2,1-4H3,(H2,28,37)(H,29,30,38). The summed E-state index contributed by atoms with van der Waals surface area (Å²) in [6.07, 6.45) is 0.581. The Hall–Kier alpha value is -3.97. The number of aromatic nitrogens is 4. The molecular formula is C27H38N8O5. The Morgan fingerprint density at radius 3 is 2.58 bits per heavy atom. The number of amides is 3. The molecule has 3 N–H and O–H groups in total. The Morgan fingerprint density at radius 1 is 1.15 bits per heavy atom. The second-order valence-corrected chi connectivity index (χ2v) is 9.73. The number of nitrogens with one attached hydrogen (secondary N) is 1. The minimum absolute atomic E-state index is 0.0454. The van der Waals surface area contributed by atoms with Gasteiger partial charge in [0, 0.05) is 45.3 Å². The van der Waals surface area contributed by atoms with Gasteiger partial charge in [-0.1, -0.05) is 0 Å². The number of likely N-dealkylation sites (N-methyl/N-ethyl adjacent to an activating group) is 1. The van der Waals surface area contributed by atoms with E-state index in [4.69, 9.17) is 15.2 Å². The van der Waals surface area contributed by atoms with Crippen LogP contribution in [0.3, 0.4) is 0 Å². The number of hydrogen-bond acceptors (Lipinski definition) is 8. The molecule has 1 aliphatic heterocycles. The smallest absolute Gasteiger partial charge is 0.276 e. The first kappa shape index (κ1) is 29.0. The van der Waals surface area contributed by atoms with Crippen LogP contribution in [0.25, 0.3) is 11.0 Å². The highest BCUT2D eigenvalue weighted by molar-refractivity contribution is 6.04. The summed E-state index contributed by atoms with van der Waals surface area (Å²) in [7, 11) is 1.78. The van der Waals surface area contributed by atoms with E-state index < -0.39 is 5.91 Å². The number of nitrogens with two attached hydrogens (primary N) is 1. The molecule has 1 aromatic carbocycles. The number of anilines is 1. The molecule has 1 saturated heterocycles. The van der Waals surface area contributed by atoms with Gasteiger partial charge in [0.05, 0.1) is 37.6 Å². The van der Waals surface area contributed by atoms with E-state index in [-0.39, 0.29) is 17.4 Å². The Labute approximate surface area is 233 Å². The highest BCUT2D eigenvalue weighted by atomic mass is 16.5. The first-order chi connectivity index (χ1) is 19.2. The molecule has 1 aliphatic rings. The molecule has 0 atom stereocenters. The molecule has 0 spiro atoms. The van der Waals surface area contributed by atoms with Crippen molar-refractivity contribution in [3.63, 3.8) is 0 Å². The molecule has 1 fully saturated rings. The zero-order valence-electron chi connectivity index (χ0n) is 23.6. The number of hydrogen-bond donors (Lipinski definition) is 2. The predicted octanol–water partition coefficient (Wildman–Crippen LogP) is 1.49. The summed E-state index contributed by atoms with van der Waals surface area (Å²) < 4.78 is 14.9. The van der Waals surface area contributed by atoms with Gasteiger partial charge in [0.1, 0.15) is 17.0 Å². The second-order valence-electron chi connectivity index (χ2n) is 9.73. The van der Waals surface area contributed by atoms with Crippen molar-refractivity contribution in [2.24, 2.45) is 5.73 Å². The Balaban J connectivity index is 1.48. The van der Waals surface area contributed by atoms with Crippen molar-refractivity contribution in [2.45, 2.75) is 40.3 Å². The van der Waals surface area contributed by atoms with Crippen molar-refractivity contribution in [3.05, 3.63) is 35.2 Å². The lowest BCUT2D eigenvalue weighted by molar-refractivity contribution is -0.132. The molecule has 3 amide bonds. The fourth-order valence-corrected chi connectivity index (χ4v) is 4.70. The number of primary amides is 1. The fourth-order valence-electron chi connectivity index (χ4n) is 4.70. The van der Waals surface area contributed by atoms with Crippen LogP contribution in [0.1, 0.15) is 46.8 Å². The average molecular weight is 555 g/mol. The Morgan fingerprint density at radius 2 is 1.90 bits per heavy atom. The number of fused-ring (bicyclic) bond motifs is 1. The predicted molar refractivity (Wildman–Crippen MR) is 150 cm³/mol. The van der Waals surface area contributed by atoms with Gasteiger partial charge in [-0.2, -0.15) is 5.10 Å². The average Bonchev–Trinajstić information content (AvgIpc) is 3.50. The van der Waals surface area contributed by atoms with Gasteiger partial charge in [-0.25, -0.2) is 4.98 Å². The van der Waals surface area contributed by atoms with Crippen LogP contribution in [0.5, 0.6) is 5.75 Å². The third-order valence-corrected chi connectivity index (χ3v) is 6.85. The van der Waals surface area contributed by atoms with E-state index in [9.17, 15) is 14.4 Å². The van der Waals surface area contributed by atoms with Gasteiger partial charge in [0.2, 0.25) is 17.8 Å². The van der Waals surface area contributed by atoms with Gasteiger partial charge >= 0.3 is 0 Å². The van der Waals surface area contributed by atoms with Crippen LogP contribution in [0.2, 0.25) is 0 Å². The Kier molecular flexibility index (Phi) is 9.38. The quantitative estimate of drug-likeness (QED) is 0.320. The first-order valence-electron chi connectivity index (χ1n) is 13.6. The summed E-state index contributed by atoms with van der Waals surface area (Å²) in [4.78, 5) is 46.1. The van der Waals surface area contributed by atoms with Gasteiger partial charge in [-0.05, 0) is 45.4 Å². The highest BCUT2D eigenvalue weighted by Crippen LogP contribution is 2.31. The minimum atomic E-state index is -0.612. The number of benzene rings is 1. The minimum Gasteiger partial charge on any atom is -0.491 e. The summed E-state index contributed by atoms with van der Waals surface area (Å²) in [5, 5.41) is 7.23. The molecule has 0 saturated carbocycles. The van der Waals surface area contributed by atoms with Crippen LogP contribution in [-0.4, -0.2) is 99.9 Å². The molecule has 13 heteroatoms. The van der Waals surface area contributed by atoms with Gasteiger partial charge in [-0.15, -0.1) is 0 Å². The molecular weight excluding hydrogens is 516 g/mol. The first-order valence-corrected chi connectivity index (χ1v) is 13.6. The molecule has 216 valence electrons.